The number of esters is 1. The fourth-order valence-electron chi connectivity index (χ4n) is 1.88. The van der Waals surface area contributed by atoms with Gasteiger partial charge in [-0.2, -0.15) is 0 Å². The smallest absolute Gasteiger partial charge is 0.305 e. The number of methoxy groups -OCH3 is 1. The second-order valence-electron chi connectivity index (χ2n) is 4.89. The lowest BCUT2D eigenvalue weighted by Crippen LogP contribution is -2.45. The maximum absolute atomic E-state index is 12.0. The molecule has 0 saturated carbocycles. The standard InChI is InChI=1S/C11H21NO5S/c1-11(14)5-7-12(8-6-11)18(15,16)9-3-4-10(13)17-2/h14H,3-9H2,1-2H3. The zero-order valence-electron chi connectivity index (χ0n) is 10.9. The lowest BCUT2D eigenvalue weighted by molar-refractivity contribution is -0.140. The van der Waals surface area contributed by atoms with Gasteiger partial charge in [-0.05, 0) is 26.2 Å². The first-order valence-corrected chi connectivity index (χ1v) is 7.65. The molecule has 0 radical (unpaired) electrons. The lowest BCUT2D eigenvalue weighted by atomic mass is 9.95. The minimum Gasteiger partial charge on any atom is -0.469 e. The Labute approximate surface area is 108 Å². The number of hydrogen-bond acceptors (Lipinski definition) is 5. The third kappa shape index (κ3) is 4.55. The van der Waals surface area contributed by atoms with Crippen LogP contribution in [-0.4, -0.2) is 55.4 Å². The third-order valence-electron chi connectivity index (χ3n) is 3.20. The monoisotopic (exact) mass is 279 g/mol. The molecule has 7 heteroatoms. The van der Waals surface area contributed by atoms with Crippen LogP contribution in [0.15, 0.2) is 0 Å². The van der Waals surface area contributed by atoms with Crippen molar-refractivity contribution in [2.75, 3.05) is 26.0 Å². The van der Waals surface area contributed by atoms with Crippen LogP contribution in [-0.2, 0) is 19.6 Å². The van der Waals surface area contributed by atoms with Crippen LogP contribution in [0.1, 0.15) is 32.6 Å². The van der Waals surface area contributed by atoms with E-state index in [4.69, 9.17) is 0 Å². The molecule has 0 aromatic carbocycles. The van der Waals surface area contributed by atoms with E-state index in [0.717, 1.165) is 0 Å². The Morgan fingerprint density at radius 2 is 1.94 bits per heavy atom. The molecule has 1 saturated heterocycles. The Morgan fingerprint density at radius 1 is 1.39 bits per heavy atom. The van der Waals surface area contributed by atoms with Crippen molar-refractivity contribution in [2.24, 2.45) is 0 Å². The van der Waals surface area contributed by atoms with Crippen molar-refractivity contribution in [2.45, 2.75) is 38.2 Å². The van der Waals surface area contributed by atoms with Gasteiger partial charge in [-0.25, -0.2) is 12.7 Å². The molecule has 0 atom stereocenters. The van der Waals surface area contributed by atoms with Crippen LogP contribution in [0.4, 0.5) is 0 Å². The molecular weight excluding hydrogens is 258 g/mol. The first kappa shape index (κ1) is 15.4. The molecule has 106 valence electrons. The predicted molar refractivity (Wildman–Crippen MR) is 66.5 cm³/mol. The van der Waals surface area contributed by atoms with Gasteiger partial charge in [-0.1, -0.05) is 0 Å². The van der Waals surface area contributed by atoms with Gasteiger partial charge in [0.1, 0.15) is 0 Å². The van der Waals surface area contributed by atoms with E-state index in [-0.39, 0.29) is 18.6 Å². The van der Waals surface area contributed by atoms with Crippen molar-refractivity contribution >= 4 is 16.0 Å². The van der Waals surface area contributed by atoms with E-state index < -0.39 is 21.6 Å². The van der Waals surface area contributed by atoms with Crippen LogP contribution in [0.25, 0.3) is 0 Å². The van der Waals surface area contributed by atoms with E-state index in [1.807, 2.05) is 0 Å². The van der Waals surface area contributed by atoms with E-state index >= 15 is 0 Å². The Hall–Kier alpha value is -0.660. The molecule has 18 heavy (non-hydrogen) atoms. The summed E-state index contributed by atoms with van der Waals surface area (Å²) in [5.74, 6) is -0.448. The summed E-state index contributed by atoms with van der Waals surface area (Å²) in [7, 11) is -2.04. The number of hydrogen-bond donors (Lipinski definition) is 1. The molecule has 1 aliphatic heterocycles. The summed E-state index contributed by atoms with van der Waals surface area (Å²) in [5, 5.41) is 9.76. The molecule has 6 nitrogen and oxygen atoms in total. The quantitative estimate of drug-likeness (QED) is 0.722. The summed E-state index contributed by atoms with van der Waals surface area (Å²) in [5.41, 5.74) is -0.766. The topological polar surface area (TPSA) is 83.9 Å². The molecule has 1 rings (SSSR count). The van der Waals surface area contributed by atoms with Crippen molar-refractivity contribution in [1.82, 2.24) is 4.31 Å². The average molecular weight is 279 g/mol. The SMILES string of the molecule is COC(=O)CCCS(=O)(=O)N1CCC(C)(O)CC1. The van der Waals surface area contributed by atoms with Crippen LogP contribution in [0.2, 0.25) is 0 Å². The summed E-state index contributed by atoms with van der Waals surface area (Å²) in [6, 6.07) is 0. The minimum absolute atomic E-state index is 0.0513. The van der Waals surface area contributed by atoms with Gasteiger partial charge >= 0.3 is 5.97 Å². The second-order valence-corrected chi connectivity index (χ2v) is 6.98. The van der Waals surface area contributed by atoms with Crippen molar-refractivity contribution in [1.29, 1.82) is 0 Å². The highest BCUT2D eigenvalue weighted by molar-refractivity contribution is 7.89. The molecule has 0 amide bonds. The molecule has 1 aliphatic rings. The minimum atomic E-state index is -3.32. The number of ether oxygens (including phenoxy) is 1. The number of carbonyl (C=O) groups excluding carboxylic acids is 1. The molecule has 1 fully saturated rings. The Bertz CT molecular complexity index is 380. The Kier molecular flexibility index (Phi) is 5.12. The van der Waals surface area contributed by atoms with Crippen molar-refractivity contribution in [3.63, 3.8) is 0 Å². The van der Waals surface area contributed by atoms with Crippen LogP contribution in [0.5, 0.6) is 0 Å². The normalized spacial score (nSPS) is 20.6. The molecule has 0 unspecified atom stereocenters. The van der Waals surface area contributed by atoms with E-state index in [0.29, 0.717) is 25.9 Å². The van der Waals surface area contributed by atoms with Crippen molar-refractivity contribution in [3.05, 3.63) is 0 Å². The van der Waals surface area contributed by atoms with Gasteiger partial charge in [0.15, 0.2) is 0 Å². The fourth-order valence-corrected chi connectivity index (χ4v) is 3.38. The van der Waals surface area contributed by atoms with Gasteiger partial charge in [-0.3, -0.25) is 4.79 Å². The first-order valence-electron chi connectivity index (χ1n) is 6.04. The molecule has 0 aromatic heterocycles. The molecular formula is C11H21NO5S. The molecule has 0 aliphatic carbocycles. The highest BCUT2D eigenvalue weighted by Gasteiger charge is 2.32. The number of nitrogens with zero attached hydrogens (tertiary/aromatic N) is 1. The zero-order valence-corrected chi connectivity index (χ0v) is 11.7. The number of piperidine rings is 1. The van der Waals surface area contributed by atoms with Crippen molar-refractivity contribution < 1.29 is 23.1 Å². The number of rotatable bonds is 5. The summed E-state index contributed by atoms with van der Waals surface area (Å²) in [6.07, 6.45) is 1.27. The predicted octanol–water partition coefficient (Wildman–Crippen LogP) is 0.116. The van der Waals surface area contributed by atoms with Gasteiger partial charge in [0.2, 0.25) is 10.0 Å². The van der Waals surface area contributed by atoms with Crippen LogP contribution >= 0.6 is 0 Å². The summed E-state index contributed by atoms with van der Waals surface area (Å²) < 4.78 is 29.8. The van der Waals surface area contributed by atoms with Gasteiger partial charge in [-0.15, -0.1) is 0 Å². The van der Waals surface area contributed by atoms with Gasteiger partial charge < -0.3 is 9.84 Å². The highest BCUT2D eigenvalue weighted by atomic mass is 32.2. The Balaban J connectivity index is 2.42. The molecule has 0 spiro atoms. The fraction of sp³-hybridized carbons (Fsp3) is 0.909. The number of aliphatic hydroxyl groups is 1. The highest BCUT2D eigenvalue weighted by Crippen LogP contribution is 2.23. The van der Waals surface area contributed by atoms with E-state index in [2.05, 4.69) is 4.74 Å². The molecule has 0 aromatic rings. The molecule has 0 bridgehead atoms. The number of carbonyl (C=O) groups is 1. The summed E-state index contributed by atoms with van der Waals surface area (Å²) >= 11 is 0. The van der Waals surface area contributed by atoms with E-state index in [9.17, 15) is 18.3 Å². The molecule has 1 N–H and O–H groups in total. The van der Waals surface area contributed by atoms with Crippen LogP contribution < -0.4 is 0 Å². The van der Waals surface area contributed by atoms with E-state index in [1.54, 1.807) is 6.92 Å². The maximum atomic E-state index is 12.0. The van der Waals surface area contributed by atoms with Crippen LogP contribution in [0, 0.1) is 0 Å². The van der Waals surface area contributed by atoms with E-state index in [1.165, 1.54) is 11.4 Å². The summed E-state index contributed by atoms with van der Waals surface area (Å²) in [4.78, 5) is 10.9. The maximum Gasteiger partial charge on any atom is 0.305 e. The van der Waals surface area contributed by atoms with Gasteiger partial charge in [0.25, 0.3) is 0 Å². The Morgan fingerprint density at radius 3 is 2.44 bits per heavy atom. The van der Waals surface area contributed by atoms with Crippen molar-refractivity contribution in [3.8, 4) is 0 Å². The largest absolute Gasteiger partial charge is 0.469 e. The number of sulfonamides is 1. The van der Waals surface area contributed by atoms with Crippen LogP contribution in [0.3, 0.4) is 0 Å². The van der Waals surface area contributed by atoms with Gasteiger partial charge in [0, 0.05) is 19.5 Å². The zero-order chi connectivity index (χ0) is 13.8. The lowest BCUT2D eigenvalue weighted by Gasteiger charge is -2.34. The summed E-state index contributed by atoms with van der Waals surface area (Å²) in [6.45, 7) is 2.40. The molecule has 1 heterocycles. The third-order valence-corrected chi connectivity index (χ3v) is 5.16. The van der Waals surface area contributed by atoms with Gasteiger partial charge in [0.05, 0.1) is 18.5 Å². The first-order chi connectivity index (χ1) is 8.27. The second kappa shape index (κ2) is 5.99. The average Bonchev–Trinajstić information content (AvgIpc) is 2.28.